The number of rotatable bonds is 9. The number of methoxy groups -OCH3 is 1. The van der Waals surface area contributed by atoms with E-state index in [1.165, 1.54) is 6.20 Å². The van der Waals surface area contributed by atoms with Gasteiger partial charge in [-0.15, -0.1) is 5.10 Å². The Hall–Kier alpha value is -1.45. The van der Waals surface area contributed by atoms with Crippen LogP contribution < -0.4 is 4.74 Å². The molecule has 1 aromatic heterocycles. The molecule has 0 N–H and O–H groups in total. The van der Waals surface area contributed by atoms with Gasteiger partial charge in [-0.25, -0.2) is 0 Å². The molecule has 1 heterocycles. The van der Waals surface area contributed by atoms with Gasteiger partial charge in [0, 0.05) is 20.1 Å². The zero-order chi connectivity index (χ0) is 20.9. The SMILES string of the molecule is CO[C@H]1CC[C@H](n2cc([N+](=O)[O-])c(OCCCO[Si](C)(C)C(C)(C)C)n2)CC1. The normalized spacial score (nSPS) is 20.9. The van der Waals surface area contributed by atoms with Crippen molar-refractivity contribution < 1.29 is 18.8 Å². The Morgan fingerprint density at radius 1 is 1.25 bits per heavy atom. The summed E-state index contributed by atoms with van der Waals surface area (Å²) in [4.78, 5) is 11.0. The maximum absolute atomic E-state index is 11.4. The van der Waals surface area contributed by atoms with Gasteiger partial charge in [-0.05, 0) is 43.8 Å². The summed E-state index contributed by atoms with van der Waals surface area (Å²) in [6, 6.07) is 0.157. The van der Waals surface area contributed by atoms with Gasteiger partial charge in [-0.1, -0.05) is 20.8 Å². The van der Waals surface area contributed by atoms with Crippen LogP contribution in [0.3, 0.4) is 0 Å². The van der Waals surface area contributed by atoms with Crippen molar-refractivity contribution in [3.05, 3.63) is 16.3 Å². The van der Waals surface area contributed by atoms with E-state index in [1.807, 2.05) is 0 Å². The highest BCUT2D eigenvalue weighted by Gasteiger charge is 2.36. The lowest BCUT2D eigenvalue weighted by atomic mass is 9.93. The third-order valence-corrected chi connectivity index (χ3v) is 10.6. The summed E-state index contributed by atoms with van der Waals surface area (Å²) in [5.41, 5.74) is -0.0702. The van der Waals surface area contributed by atoms with E-state index in [9.17, 15) is 10.1 Å². The second-order valence-electron chi connectivity index (χ2n) is 9.03. The number of nitro groups is 1. The summed E-state index contributed by atoms with van der Waals surface area (Å²) >= 11 is 0. The van der Waals surface area contributed by atoms with Crippen molar-refractivity contribution in [2.45, 2.75) is 83.2 Å². The molecule has 28 heavy (non-hydrogen) atoms. The molecule has 1 aliphatic rings. The summed E-state index contributed by atoms with van der Waals surface area (Å²) in [5.74, 6) is 0.103. The zero-order valence-electron chi connectivity index (χ0n) is 18.1. The van der Waals surface area contributed by atoms with Crippen LogP contribution in [-0.4, -0.2) is 49.4 Å². The molecule has 0 spiro atoms. The van der Waals surface area contributed by atoms with Crippen molar-refractivity contribution in [3.8, 4) is 5.88 Å². The molecule has 0 aliphatic heterocycles. The largest absolute Gasteiger partial charge is 0.472 e. The molecule has 0 saturated heterocycles. The average molecular weight is 414 g/mol. The summed E-state index contributed by atoms with van der Waals surface area (Å²) < 4.78 is 18.9. The molecule has 0 bridgehead atoms. The van der Waals surface area contributed by atoms with Crippen LogP contribution in [0.25, 0.3) is 0 Å². The van der Waals surface area contributed by atoms with E-state index in [0.29, 0.717) is 19.6 Å². The van der Waals surface area contributed by atoms with Crippen LogP contribution in [0.1, 0.15) is 58.9 Å². The minimum absolute atomic E-state index is 0.0702. The van der Waals surface area contributed by atoms with E-state index in [2.05, 4.69) is 39.0 Å². The van der Waals surface area contributed by atoms with Gasteiger partial charge in [0.05, 0.1) is 23.7 Å². The van der Waals surface area contributed by atoms with Crippen LogP contribution in [0.15, 0.2) is 6.20 Å². The third-order valence-electron chi connectivity index (χ3n) is 6.02. The van der Waals surface area contributed by atoms with E-state index in [4.69, 9.17) is 13.9 Å². The Bertz CT molecular complexity index is 648. The van der Waals surface area contributed by atoms with Gasteiger partial charge in [0.25, 0.3) is 0 Å². The Morgan fingerprint density at radius 2 is 1.89 bits per heavy atom. The minimum Gasteiger partial charge on any atom is -0.472 e. The second-order valence-corrected chi connectivity index (χ2v) is 13.8. The molecule has 0 radical (unpaired) electrons. The first-order valence-electron chi connectivity index (χ1n) is 10.1. The van der Waals surface area contributed by atoms with Crippen molar-refractivity contribution in [2.75, 3.05) is 20.3 Å². The number of aromatic nitrogens is 2. The number of nitrogens with zero attached hydrogens (tertiary/aromatic N) is 3. The molecular weight excluding hydrogens is 378 g/mol. The molecule has 8 nitrogen and oxygen atoms in total. The lowest BCUT2D eigenvalue weighted by molar-refractivity contribution is -0.386. The first-order chi connectivity index (χ1) is 13.0. The topological polar surface area (TPSA) is 88.7 Å². The van der Waals surface area contributed by atoms with Gasteiger partial charge in [0.15, 0.2) is 8.32 Å². The van der Waals surface area contributed by atoms with Crippen molar-refractivity contribution in [1.29, 1.82) is 0 Å². The molecule has 9 heteroatoms. The molecule has 1 aliphatic carbocycles. The molecular formula is C19H35N3O5Si. The van der Waals surface area contributed by atoms with Crippen molar-refractivity contribution in [3.63, 3.8) is 0 Å². The molecule has 1 aromatic rings. The molecule has 2 rings (SSSR count). The summed E-state index contributed by atoms with van der Waals surface area (Å²) in [7, 11) is -0.0574. The third kappa shape index (κ3) is 5.77. The molecule has 160 valence electrons. The maximum Gasteiger partial charge on any atom is 0.350 e. The lowest BCUT2D eigenvalue weighted by Gasteiger charge is -2.36. The number of hydrogen-bond donors (Lipinski definition) is 0. The summed E-state index contributed by atoms with van der Waals surface area (Å²) in [5, 5.41) is 15.9. The van der Waals surface area contributed by atoms with Gasteiger partial charge in [-0.3, -0.25) is 14.8 Å². The molecule has 0 aromatic carbocycles. The van der Waals surface area contributed by atoms with Crippen molar-refractivity contribution in [1.82, 2.24) is 9.78 Å². The van der Waals surface area contributed by atoms with Gasteiger partial charge >= 0.3 is 11.6 Å². The van der Waals surface area contributed by atoms with Gasteiger partial charge in [-0.2, -0.15) is 0 Å². The van der Waals surface area contributed by atoms with Crippen molar-refractivity contribution >= 4 is 14.0 Å². The van der Waals surface area contributed by atoms with Gasteiger partial charge in [0.2, 0.25) is 0 Å². The highest BCUT2D eigenvalue weighted by atomic mass is 28.4. The molecule has 0 unspecified atom stereocenters. The number of hydrogen-bond acceptors (Lipinski definition) is 6. The average Bonchev–Trinajstić information content (AvgIpc) is 3.05. The monoisotopic (exact) mass is 413 g/mol. The summed E-state index contributed by atoms with van der Waals surface area (Å²) in [6.45, 7) is 12.0. The van der Waals surface area contributed by atoms with Crippen LogP contribution in [-0.2, 0) is 9.16 Å². The van der Waals surface area contributed by atoms with Crippen molar-refractivity contribution in [2.24, 2.45) is 0 Å². The molecule has 1 saturated carbocycles. The second kappa shape index (κ2) is 9.36. The lowest BCUT2D eigenvalue weighted by Crippen LogP contribution is -2.41. The van der Waals surface area contributed by atoms with E-state index >= 15 is 0 Å². The van der Waals surface area contributed by atoms with Gasteiger partial charge in [0.1, 0.15) is 6.20 Å². The predicted octanol–water partition coefficient (Wildman–Crippen LogP) is 4.71. The molecule has 0 amide bonds. The fourth-order valence-electron chi connectivity index (χ4n) is 3.10. The highest BCUT2D eigenvalue weighted by molar-refractivity contribution is 6.74. The van der Waals surface area contributed by atoms with Crippen LogP contribution in [0.2, 0.25) is 18.1 Å². The fraction of sp³-hybridized carbons (Fsp3) is 0.842. The smallest absolute Gasteiger partial charge is 0.350 e. The highest BCUT2D eigenvalue weighted by Crippen LogP contribution is 2.37. The Kier molecular flexibility index (Phi) is 7.63. The maximum atomic E-state index is 11.4. The fourth-order valence-corrected chi connectivity index (χ4v) is 4.19. The molecule has 1 fully saturated rings. The standard InChI is InChI=1S/C19H35N3O5Si/c1-19(2,3)28(5,6)27-13-7-12-26-18-17(22(23)24)14-21(20-18)15-8-10-16(25-4)11-9-15/h14-16H,7-13H2,1-6H3/t15-,16-. The van der Waals surface area contributed by atoms with E-state index < -0.39 is 13.2 Å². The predicted molar refractivity (Wildman–Crippen MR) is 110 cm³/mol. The van der Waals surface area contributed by atoms with Crippen LogP contribution >= 0.6 is 0 Å². The first kappa shape index (κ1) is 22.8. The first-order valence-corrected chi connectivity index (χ1v) is 13.0. The Labute approximate surface area is 168 Å². The molecule has 0 atom stereocenters. The summed E-state index contributed by atoms with van der Waals surface area (Å²) in [6.07, 6.45) is 6.13. The van der Waals surface area contributed by atoms with E-state index in [1.54, 1.807) is 11.8 Å². The van der Waals surface area contributed by atoms with Crippen LogP contribution in [0.5, 0.6) is 5.88 Å². The Morgan fingerprint density at radius 3 is 2.43 bits per heavy atom. The van der Waals surface area contributed by atoms with Crippen LogP contribution in [0.4, 0.5) is 5.69 Å². The number of ether oxygens (including phenoxy) is 2. The minimum atomic E-state index is -1.78. The quantitative estimate of drug-likeness (QED) is 0.252. The van der Waals surface area contributed by atoms with Gasteiger partial charge < -0.3 is 13.9 Å². The van der Waals surface area contributed by atoms with E-state index in [0.717, 1.165) is 25.7 Å². The zero-order valence-corrected chi connectivity index (χ0v) is 19.1. The van der Waals surface area contributed by atoms with Crippen LogP contribution in [0, 0.1) is 10.1 Å². The Balaban J connectivity index is 1.89. The van der Waals surface area contributed by atoms with E-state index in [-0.39, 0.29) is 28.8 Å².